The normalized spacial score (nSPS) is 10.0. The smallest absolute Gasteiger partial charge is 0.169 e. The number of furan rings is 1. The van der Waals surface area contributed by atoms with Crippen LogP contribution in [0.15, 0.2) is 27.5 Å². The monoisotopic (exact) mass is 268 g/mol. The van der Waals surface area contributed by atoms with Crippen LogP contribution in [-0.4, -0.2) is 0 Å². The molecule has 3 nitrogen and oxygen atoms in total. The average molecular weight is 269 g/mol. The fourth-order valence-corrected chi connectivity index (χ4v) is 2.27. The third kappa shape index (κ3) is 1.54. The van der Waals surface area contributed by atoms with Crippen LogP contribution in [0.1, 0.15) is 4.88 Å². The largest absolute Gasteiger partial charge is 0.457 e. The predicted molar refractivity (Wildman–Crippen MR) is 58.8 cm³/mol. The van der Waals surface area contributed by atoms with E-state index >= 15 is 0 Å². The Bertz CT molecular complexity index is 509. The van der Waals surface area contributed by atoms with Gasteiger partial charge < -0.3 is 10.2 Å². The third-order valence-corrected chi connectivity index (χ3v) is 3.23. The Labute approximate surface area is 92.9 Å². The molecule has 0 aliphatic carbocycles. The van der Waals surface area contributed by atoms with Gasteiger partial charge in [-0.2, -0.15) is 5.26 Å². The van der Waals surface area contributed by atoms with E-state index in [9.17, 15) is 0 Å². The zero-order valence-electron chi connectivity index (χ0n) is 6.95. The molecule has 2 heterocycles. The van der Waals surface area contributed by atoms with Crippen LogP contribution < -0.4 is 5.73 Å². The Morgan fingerprint density at radius 3 is 2.79 bits per heavy atom. The van der Waals surface area contributed by atoms with Crippen LogP contribution in [0.3, 0.4) is 0 Å². The van der Waals surface area contributed by atoms with Gasteiger partial charge in [0.25, 0.3) is 0 Å². The van der Waals surface area contributed by atoms with Crippen molar-refractivity contribution in [3.8, 4) is 16.5 Å². The van der Waals surface area contributed by atoms with Crippen LogP contribution >= 0.6 is 27.3 Å². The van der Waals surface area contributed by atoms with Crippen molar-refractivity contribution in [1.29, 1.82) is 5.26 Å². The van der Waals surface area contributed by atoms with E-state index in [1.54, 1.807) is 12.3 Å². The maximum atomic E-state index is 8.73. The van der Waals surface area contributed by atoms with Crippen molar-refractivity contribution in [3.05, 3.63) is 27.9 Å². The summed E-state index contributed by atoms with van der Waals surface area (Å²) in [4.78, 5) is 1.48. The topological polar surface area (TPSA) is 63.0 Å². The lowest BCUT2D eigenvalue weighted by Crippen LogP contribution is -1.81. The number of nitrogens with zero attached hydrogens (tertiary/aromatic N) is 1. The summed E-state index contributed by atoms with van der Waals surface area (Å²) in [7, 11) is 0. The number of anilines is 1. The highest BCUT2D eigenvalue weighted by Gasteiger charge is 2.09. The van der Waals surface area contributed by atoms with Gasteiger partial charge in [-0.05, 0) is 28.1 Å². The molecule has 0 fully saturated rings. The van der Waals surface area contributed by atoms with Gasteiger partial charge in [-0.25, -0.2) is 0 Å². The summed E-state index contributed by atoms with van der Waals surface area (Å²) >= 11 is 4.57. The molecule has 2 aromatic rings. The minimum atomic E-state index is 0.518. The van der Waals surface area contributed by atoms with Crippen molar-refractivity contribution < 1.29 is 4.42 Å². The first-order chi connectivity index (χ1) is 6.70. The van der Waals surface area contributed by atoms with Gasteiger partial charge >= 0.3 is 0 Å². The second-order valence-electron chi connectivity index (χ2n) is 2.65. The van der Waals surface area contributed by atoms with E-state index in [2.05, 4.69) is 15.9 Å². The minimum absolute atomic E-state index is 0.518. The van der Waals surface area contributed by atoms with Crippen molar-refractivity contribution in [2.45, 2.75) is 0 Å². The molecule has 0 unspecified atom stereocenters. The molecule has 0 bridgehead atoms. The number of hydrogen-bond acceptors (Lipinski definition) is 4. The van der Waals surface area contributed by atoms with Crippen LogP contribution in [0.4, 0.5) is 5.69 Å². The molecule has 2 N–H and O–H groups in total. The van der Waals surface area contributed by atoms with Crippen LogP contribution in [-0.2, 0) is 0 Å². The lowest BCUT2D eigenvalue weighted by molar-refractivity contribution is 0.542. The van der Waals surface area contributed by atoms with Crippen molar-refractivity contribution in [3.63, 3.8) is 0 Å². The summed E-state index contributed by atoms with van der Waals surface area (Å²) in [6.45, 7) is 0. The molecule has 0 saturated heterocycles. The standard InChI is InChI=1S/C9H5BrN2OS/c10-9-1-5(4-13-9)7-2-6(12)8(3-11)14-7/h1-2,4H,12H2. The molecule has 0 saturated carbocycles. The summed E-state index contributed by atoms with van der Waals surface area (Å²) < 4.78 is 5.77. The second kappa shape index (κ2) is 3.48. The van der Waals surface area contributed by atoms with Crippen molar-refractivity contribution in [2.24, 2.45) is 0 Å². The number of hydrogen-bond donors (Lipinski definition) is 1. The Morgan fingerprint density at radius 1 is 1.50 bits per heavy atom. The second-order valence-corrected chi connectivity index (χ2v) is 4.48. The molecule has 0 atom stereocenters. The maximum absolute atomic E-state index is 8.73. The minimum Gasteiger partial charge on any atom is -0.457 e. The number of rotatable bonds is 1. The van der Waals surface area contributed by atoms with Crippen LogP contribution in [0.5, 0.6) is 0 Å². The molecular weight excluding hydrogens is 264 g/mol. The van der Waals surface area contributed by atoms with Crippen LogP contribution in [0.25, 0.3) is 10.4 Å². The lowest BCUT2D eigenvalue weighted by atomic mass is 10.2. The molecule has 5 heteroatoms. The van der Waals surface area contributed by atoms with Gasteiger partial charge in [0, 0.05) is 10.4 Å². The summed E-state index contributed by atoms with van der Waals surface area (Å²) in [5.41, 5.74) is 7.09. The fourth-order valence-electron chi connectivity index (χ4n) is 1.07. The zero-order chi connectivity index (χ0) is 10.1. The summed E-state index contributed by atoms with van der Waals surface area (Å²) in [6.07, 6.45) is 1.62. The summed E-state index contributed by atoms with van der Waals surface area (Å²) in [6, 6.07) is 5.66. The lowest BCUT2D eigenvalue weighted by Gasteiger charge is -1.84. The molecule has 0 radical (unpaired) electrons. The van der Waals surface area contributed by atoms with Crippen molar-refractivity contribution in [2.75, 3.05) is 5.73 Å². The number of nitriles is 1. The maximum Gasteiger partial charge on any atom is 0.169 e. The average Bonchev–Trinajstić information content (AvgIpc) is 2.71. The van der Waals surface area contributed by atoms with E-state index in [4.69, 9.17) is 15.4 Å². The first-order valence-electron chi connectivity index (χ1n) is 3.74. The third-order valence-electron chi connectivity index (χ3n) is 1.71. The zero-order valence-corrected chi connectivity index (χ0v) is 9.35. The molecule has 2 rings (SSSR count). The number of nitrogen functional groups attached to an aromatic ring is 1. The molecule has 0 amide bonds. The Balaban J connectivity index is 2.48. The van der Waals surface area contributed by atoms with E-state index < -0.39 is 0 Å². The molecule has 0 spiro atoms. The van der Waals surface area contributed by atoms with E-state index in [-0.39, 0.29) is 0 Å². The van der Waals surface area contributed by atoms with E-state index in [0.29, 0.717) is 15.2 Å². The van der Waals surface area contributed by atoms with Gasteiger partial charge in [0.2, 0.25) is 0 Å². The van der Waals surface area contributed by atoms with Gasteiger partial charge in [-0.3, -0.25) is 0 Å². The summed E-state index contributed by atoms with van der Waals surface area (Å²) in [5.74, 6) is 0. The molecular formula is C9H5BrN2OS. The SMILES string of the molecule is N#Cc1sc(-c2coc(Br)c2)cc1N. The summed E-state index contributed by atoms with van der Waals surface area (Å²) in [5, 5.41) is 8.73. The highest BCUT2D eigenvalue weighted by atomic mass is 79.9. The molecule has 2 aromatic heterocycles. The molecule has 0 aliphatic heterocycles. The Hall–Kier alpha value is -1.25. The highest BCUT2D eigenvalue weighted by Crippen LogP contribution is 2.34. The fraction of sp³-hybridized carbons (Fsp3) is 0. The first kappa shape index (κ1) is 9.31. The molecule has 0 aromatic carbocycles. The first-order valence-corrected chi connectivity index (χ1v) is 5.35. The number of halogens is 1. The van der Waals surface area contributed by atoms with Gasteiger partial charge in [0.05, 0.1) is 5.69 Å². The van der Waals surface area contributed by atoms with Crippen LogP contribution in [0.2, 0.25) is 0 Å². The number of thiophene rings is 1. The molecule has 0 aliphatic rings. The van der Waals surface area contributed by atoms with Crippen molar-refractivity contribution in [1.82, 2.24) is 0 Å². The molecule has 14 heavy (non-hydrogen) atoms. The van der Waals surface area contributed by atoms with Crippen LogP contribution in [0, 0.1) is 11.3 Å². The van der Waals surface area contributed by atoms with E-state index in [1.807, 2.05) is 12.1 Å². The predicted octanol–water partition coefficient (Wildman–Crippen LogP) is 3.22. The Morgan fingerprint density at radius 2 is 2.29 bits per heavy atom. The number of nitrogens with two attached hydrogens (primary N) is 1. The highest BCUT2D eigenvalue weighted by molar-refractivity contribution is 9.10. The van der Waals surface area contributed by atoms with E-state index in [1.165, 1.54) is 11.3 Å². The van der Waals surface area contributed by atoms with Gasteiger partial charge in [0.15, 0.2) is 4.67 Å². The molecule has 70 valence electrons. The Kier molecular flexibility index (Phi) is 2.32. The van der Waals surface area contributed by atoms with Crippen molar-refractivity contribution >= 4 is 33.0 Å². The van der Waals surface area contributed by atoms with Gasteiger partial charge in [0.1, 0.15) is 17.2 Å². The van der Waals surface area contributed by atoms with Gasteiger partial charge in [-0.15, -0.1) is 11.3 Å². The van der Waals surface area contributed by atoms with E-state index in [0.717, 1.165) is 10.4 Å². The van der Waals surface area contributed by atoms with Gasteiger partial charge in [-0.1, -0.05) is 0 Å². The quantitative estimate of drug-likeness (QED) is 0.864.